The van der Waals surface area contributed by atoms with Crippen molar-refractivity contribution in [3.63, 3.8) is 0 Å². The number of sulfone groups is 1. The van der Waals surface area contributed by atoms with Gasteiger partial charge >= 0.3 is 5.97 Å². The number of hydrogen-bond donors (Lipinski definition) is 1. The van der Waals surface area contributed by atoms with Crippen LogP contribution in [0.3, 0.4) is 0 Å². The van der Waals surface area contributed by atoms with Crippen LogP contribution in [0.15, 0.2) is 53.4 Å². The Bertz CT molecular complexity index is 1200. The van der Waals surface area contributed by atoms with Gasteiger partial charge in [-0.25, -0.2) is 12.8 Å². The largest absolute Gasteiger partial charge is 0.493 e. The predicted octanol–water partition coefficient (Wildman–Crippen LogP) is 2.65. The summed E-state index contributed by atoms with van der Waals surface area (Å²) >= 11 is 6.09. The summed E-state index contributed by atoms with van der Waals surface area (Å²) in [6.45, 7) is -0.911. The van der Waals surface area contributed by atoms with E-state index in [2.05, 4.69) is 0 Å². The van der Waals surface area contributed by atoms with E-state index in [9.17, 15) is 22.4 Å². The first-order valence-corrected chi connectivity index (χ1v) is 11.8. The number of esters is 1. The topological polar surface area (TPSA) is 137 Å². The minimum atomic E-state index is -4.07. The van der Waals surface area contributed by atoms with Crippen LogP contribution >= 0.6 is 11.6 Å². The molecule has 8 nitrogen and oxygen atoms in total. The van der Waals surface area contributed by atoms with Crippen molar-refractivity contribution in [1.82, 2.24) is 0 Å². The molecule has 0 spiro atoms. The zero-order chi connectivity index (χ0) is 24.2. The molecule has 0 unspecified atom stereocenters. The number of halogens is 2. The summed E-state index contributed by atoms with van der Waals surface area (Å²) in [7, 11) is -4.07. The highest BCUT2D eigenvalue weighted by atomic mass is 35.5. The lowest BCUT2D eigenvalue weighted by Gasteiger charge is -2.29. The molecule has 33 heavy (non-hydrogen) atoms. The second-order valence-corrected chi connectivity index (χ2v) is 10.2. The molecule has 1 fully saturated rings. The first-order chi connectivity index (χ1) is 15.6. The predicted molar refractivity (Wildman–Crippen MR) is 115 cm³/mol. The minimum Gasteiger partial charge on any atom is -0.493 e. The van der Waals surface area contributed by atoms with E-state index in [1.807, 2.05) is 0 Å². The molecule has 1 saturated carbocycles. The number of hydrogen-bond acceptors (Lipinski definition) is 7. The minimum absolute atomic E-state index is 0.000226. The van der Waals surface area contributed by atoms with Crippen LogP contribution < -0.4 is 10.5 Å². The van der Waals surface area contributed by atoms with Gasteiger partial charge in [0.25, 0.3) is 0 Å². The van der Waals surface area contributed by atoms with Gasteiger partial charge in [-0.2, -0.15) is 5.26 Å². The molecule has 0 aliphatic heterocycles. The van der Waals surface area contributed by atoms with Crippen molar-refractivity contribution in [3.05, 3.63) is 59.4 Å². The molecule has 2 N–H and O–H groups in total. The molecule has 3 rings (SSSR count). The molecule has 11 heteroatoms. The first-order valence-electron chi connectivity index (χ1n) is 9.83. The molecule has 174 valence electrons. The number of benzene rings is 2. The van der Waals surface area contributed by atoms with Crippen molar-refractivity contribution in [2.24, 2.45) is 17.1 Å². The Balaban J connectivity index is 1.98. The molecular weight excluding hydrogens is 475 g/mol. The second-order valence-electron chi connectivity index (χ2n) is 7.57. The van der Waals surface area contributed by atoms with Gasteiger partial charge in [0.05, 0.1) is 21.8 Å². The maximum absolute atomic E-state index is 13.3. The van der Waals surface area contributed by atoms with E-state index in [0.29, 0.717) is 0 Å². The summed E-state index contributed by atoms with van der Waals surface area (Å²) in [5.74, 6) is -3.41. The Kier molecular flexibility index (Phi) is 7.25. The first kappa shape index (κ1) is 24.5. The molecule has 2 aromatic rings. The molecule has 3 atom stereocenters. The lowest BCUT2D eigenvalue weighted by Crippen LogP contribution is -2.49. The number of carbonyl (C=O) groups excluding carboxylic acids is 2. The lowest BCUT2D eigenvalue weighted by molar-refractivity contribution is -0.162. The maximum Gasteiger partial charge on any atom is 0.323 e. The quantitative estimate of drug-likeness (QED) is 0.440. The highest BCUT2D eigenvalue weighted by Gasteiger charge is 2.61. The summed E-state index contributed by atoms with van der Waals surface area (Å²) in [6.07, 6.45) is -0.614. The third-order valence-corrected chi connectivity index (χ3v) is 8.36. The monoisotopic (exact) mass is 494 g/mol. The molecule has 0 heterocycles. The van der Waals surface area contributed by atoms with Gasteiger partial charge in [0.2, 0.25) is 5.91 Å². The van der Waals surface area contributed by atoms with Gasteiger partial charge < -0.3 is 15.2 Å². The van der Waals surface area contributed by atoms with E-state index < -0.39 is 57.1 Å². The zero-order valence-electron chi connectivity index (χ0n) is 17.2. The molecule has 0 bridgehead atoms. The van der Waals surface area contributed by atoms with Crippen LogP contribution in [0.2, 0.25) is 5.02 Å². The number of nitrogens with two attached hydrogens (primary N) is 1. The Morgan fingerprint density at radius 1 is 1.21 bits per heavy atom. The van der Waals surface area contributed by atoms with Gasteiger partial charge in [-0.1, -0.05) is 23.7 Å². The van der Waals surface area contributed by atoms with Crippen LogP contribution in [0.25, 0.3) is 0 Å². The van der Waals surface area contributed by atoms with Gasteiger partial charge in [0.15, 0.2) is 21.9 Å². The van der Waals surface area contributed by atoms with E-state index in [1.165, 1.54) is 30.3 Å². The van der Waals surface area contributed by atoms with Gasteiger partial charge in [-0.05, 0) is 49.2 Å². The number of rotatable bonds is 8. The van der Waals surface area contributed by atoms with Crippen LogP contribution in [0.4, 0.5) is 4.39 Å². The summed E-state index contributed by atoms with van der Waals surface area (Å²) in [5.41, 5.74) is 3.56. The number of amides is 1. The molecule has 1 amide bonds. The average molecular weight is 495 g/mol. The molecule has 0 aromatic heterocycles. The van der Waals surface area contributed by atoms with Gasteiger partial charge in [0, 0.05) is 5.92 Å². The Hall–Kier alpha value is -3.16. The smallest absolute Gasteiger partial charge is 0.323 e. The third kappa shape index (κ3) is 4.79. The fourth-order valence-corrected chi connectivity index (χ4v) is 6.43. The number of primary amides is 1. The van der Waals surface area contributed by atoms with Gasteiger partial charge in [-0.15, -0.1) is 0 Å². The standard InChI is InChI=1S/C22H20ClFN2O6S/c23-18-3-1-2-4-19(18)33(29,30)17-11-14(13-32-16-7-5-15(24)6-8-16)22(12-17,20(26)27)21(28)31-10-9-25/h1-8,14,17H,10-13H2,(H2,26,27)/t14-,17-,22+/m0/s1. The molecule has 0 radical (unpaired) electrons. The van der Waals surface area contributed by atoms with Crippen LogP contribution in [0, 0.1) is 28.5 Å². The fourth-order valence-electron chi connectivity index (χ4n) is 4.04. The Morgan fingerprint density at radius 2 is 1.88 bits per heavy atom. The fraction of sp³-hybridized carbons (Fsp3) is 0.318. The summed E-state index contributed by atoms with van der Waals surface area (Å²) in [4.78, 5) is 25.4. The molecule has 0 saturated heterocycles. The van der Waals surface area contributed by atoms with Crippen molar-refractivity contribution in [2.45, 2.75) is 23.0 Å². The van der Waals surface area contributed by atoms with Gasteiger partial charge in [0.1, 0.15) is 17.6 Å². The van der Waals surface area contributed by atoms with Crippen molar-refractivity contribution >= 4 is 33.3 Å². The van der Waals surface area contributed by atoms with Crippen molar-refractivity contribution in [1.29, 1.82) is 5.26 Å². The highest BCUT2D eigenvalue weighted by molar-refractivity contribution is 7.92. The Labute approximate surface area is 195 Å². The summed E-state index contributed by atoms with van der Waals surface area (Å²) < 4.78 is 50.4. The SMILES string of the molecule is N#CCOC(=O)[C@]1(C(N)=O)C[C@@H](S(=O)(=O)c2ccccc2Cl)C[C@H]1COc1ccc(F)cc1. The van der Waals surface area contributed by atoms with Gasteiger partial charge in [-0.3, -0.25) is 9.59 Å². The molecule has 2 aromatic carbocycles. The van der Waals surface area contributed by atoms with E-state index in [4.69, 9.17) is 32.1 Å². The molecular formula is C22H20ClFN2O6S. The normalized spacial score (nSPS) is 22.3. The Morgan fingerprint density at radius 3 is 2.48 bits per heavy atom. The highest BCUT2D eigenvalue weighted by Crippen LogP contribution is 2.49. The number of nitriles is 1. The van der Waals surface area contributed by atoms with Crippen molar-refractivity contribution in [3.8, 4) is 11.8 Å². The van der Waals surface area contributed by atoms with Crippen LogP contribution in [0.5, 0.6) is 5.75 Å². The van der Waals surface area contributed by atoms with E-state index in [-0.39, 0.29) is 28.7 Å². The van der Waals surface area contributed by atoms with Crippen molar-refractivity contribution in [2.75, 3.05) is 13.2 Å². The van der Waals surface area contributed by atoms with E-state index in [1.54, 1.807) is 12.1 Å². The van der Waals surface area contributed by atoms with E-state index in [0.717, 1.165) is 12.1 Å². The van der Waals surface area contributed by atoms with Crippen LogP contribution in [-0.2, 0) is 24.2 Å². The average Bonchev–Trinajstić information content (AvgIpc) is 3.19. The summed E-state index contributed by atoms with van der Waals surface area (Å²) in [5, 5.41) is 7.58. The second kappa shape index (κ2) is 9.77. The third-order valence-electron chi connectivity index (χ3n) is 5.71. The summed E-state index contributed by atoms with van der Waals surface area (Å²) in [6, 6.07) is 12.5. The maximum atomic E-state index is 13.3. The van der Waals surface area contributed by atoms with Crippen LogP contribution in [0.1, 0.15) is 12.8 Å². The van der Waals surface area contributed by atoms with Crippen molar-refractivity contribution < 1.29 is 31.9 Å². The number of ether oxygens (including phenoxy) is 2. The molecule has 1 aliphatic rings. The van der Waals surface area contributed by atoms with Crippen LogP contribution in [-0.4, -0.2) is 38.8 Å². The molecule has 1 aliphatic carbocycles. The lowest BCUT2D eigenvalue weighted by atomic mass is 9.77. The zero-order valence-corrected chi connectivity index (χ0v) is 18.8. The number of carbonyl (C=O) groups is 2. The number of nitrogens with zero attached hydrogens (tertiary/aromatic N) is 1. The van der Waals surface area contributed by atoms with E-state index >= 15 is 0 Å².